The lowest BCUT2D eigenvalue weighted by Gasteiger charge is -2.33. The van der Waals surface area contributed by atoms with Crippen LogP contribution in [0.3, 0.4) is 0 Å². The van der Waals surface area contributed by atoms with E-state index in [2.05, 4.69) is 19.2 Å². The summed E-state index contributed by atoms with van der Waals surface area (Å²) in [6, 6.07) is 0.403. The van der Waals surface area contributed by atoms with Crippen LogP contribution in [-0.2, 0) is 4.79 Å². The maximum atomic E-state index is 11.7. The molecule has 0 bridgehead atoms. The van der Waals surface area contributed by atoms with Crippen molar-refractivity contribution in [3.05, 3.63) is 0 Å². The SMILES string of the molecule is CC1CCC(NC(=O)CCCCCl)C(C)C1. The number of amides is 1. The molecule has 0 aromatic rings. The molecule has 0 aliphatic heterocycles. The summed E-state index contributed by atoms with van der Waals surface area (Å²) in [6.45, 7) is 4.55. The summed E-state index contributed by atoms with van der Waals surface area (Å²) < 4.78 is 0. The van der Waals surface area contributed by atoms with Crippen LogP contribution in [-0.4, -0.2) is 17.8 Å². The fourth-order valence-electron chi connectivity index (χ4n) is 2.54. The molecule has 1 aliphatic carbocycles. The smallest absolute Gasteiger partial charge is 0.220 e. The second-order valence-electron chi connectivity index (χ2n) is 5.22. The van der Waals surface area contributed by atoms with Crippen LogP contribution >= 0.6 is 11.6 Å². The van der Waals surface area contributed by atoms with E-state index < -0.39 is 0 Å². The van der Waals surface area contributed by atoms with Crippen molar-refractivity contribution in [2.75, 3.05) is 5.88 Å². The molecule has 16 heavy (non-hydrogen) atoms. The van der Waals surface area contributed by atoms with Crippen LogP contribution in [0.5, 0.6) is 0 Å². The van der Waals surface area contributed by atoms with E-state index in [9.17, 15) is 4.79 Å². The Morgan fingerprint density at radius 3 is 2.69 bits per heavy atom. The molecule has 3 heteroatoms. The molecule has 94 valence electrons. The molecular formula is C13H24ClNO. The quantitative estimate of drug-likeness (QED) is 0.584. The van der Waals surface area contributed by atoms with Crippen molar-refractivity contribution < 1.29 is 4.79 Å². The first-order chi connectivity index (χ1) is 7.63. The van der Waals surface area contributed by atoms with Gasteiger partial charge in [0.25, 0.3) is 0 Å². The Bertz CT molecular complexity index is 220. The summed E-state index contributed by atoms with van der Waals surface area (Å²) >= 11 is 5.58. The van der Waals surface area contributed by atoms with E-state index in [1.165, 1.54) is 12.8 Å². The Labute approximate surface area is 104 Å². The molecule has 3 unspecified atom stereocenters. The molecule has 1 rings (SSSR count). The average molecular weight is 246 g/mol. The summed E-state index contributed by atoms with van der Waals surface area (Å²) in [7, 11) is 0. The molecule has 0 heterocycles. The maximum Gasteiger partial charge on any atom is 0.220 e. The van der Waals surface area contributed by atoms with Crippen molar-refractivity contribution in [2.24, 2.45) is 11.8 Å². The third-order valence-corrected chi connectivity index (χ3v) is 3.83. The number of carbonyl (C=O) groups excluding carboxylic acids is 1. The number of unbranched alkanes of at least 4 members (excludes halogenated alkanes) is 1. The second kappa shape index (κ2) is 7.16. The van der Waals surface area contributed by atoms with E-state index in [-0.39, 0.29) is 5.91 Å². The predicted octanol–water partition coefficient (Wildman–Crippen LogP) is 3.34. The number of alkyl halides is 1. The highest BCUT2D eigenvalue weighted by Gasteiger charge is 2.26. The van der Waals surface area contributed by atoms with Crippen LogP contribution in [0.1, 0.15) is 52.4 Å². The standard InChI is InChI=1S/C13H24ClNO/c1-10-6-7-12(11(2)9-10)15-13(16)5-3-4-8-14/h10-12H,3-9H2,1-2H3,(H,15,16). The summed E-state index contributed by atoms with van der Waals surface area (Å²) in [4.78, 5) is 11.7. The van der Waals surface area contributed by atoms with Crippen molar-refractivity contribution in [1.82, 2.24) is 5.32 Å². The lowest BCUT2D eigenvalue weighted by molar-refractivity contribution is -0.122. The van der Waals surface area contributed by atoms with Crippen LogP contribution in [0.25, 0.3) is 0 Å². The first-order valence-electron chi connectivity index (χ1n) is 6.48. The number of carbonyl (C=O) groups is 1. The molecule has 2 nitrogen and oxygen atoms in total. The van der Waals surface area contributed by atoms with Crippen LogP contribution < -0.4 is 5.32 Å². The first-order valence-corrected chi connectivity index (χ1v) is 7.02. The Morgan fingerprint density at radius 1 is 1.31 bits per heavy atom. The lowest BCUT2D eigenvalue weighted by Crippen LogP contribution is -2.42. The van der Waals surface area contributed by atoms with Gasteiger partial charge in [-0.2, -0.15) is 0 Å². The lowest BCUT2D eigenvalue weighted by atomic mass is 9.80. The molecule has 1 amide bonds. The molecule has 1 fully saturated rings. The van der Waals surface area contributed by atoms with Gasteiger partial charge in [0.2, 0.25) is 5.91 Å². The number of rotatable bonds is 5. The summed E-state index contributed by atoms with van der Waals surface area (Å²) in [5.41, 5.74) is 0. The molecule has 1 aliphatic rings. The molecule has 1 N–H and O–H groups in total. The second-order valence-corrected chi connectivity index (χ2v) is 5.59. The molecule has 0 aromatic heterocycles. The number of nitrogens with one attached hydrogen (secondary N) is 1. The number of hydrogen-bond acceptors (Lipinski definition) is 1. The predicted molar refractivity (Wildman–Crippen MR) is 68.7 cm³/mol. The van der Waals surface area contributed by atoms with Gasteiger partial charge in [0.15, 0.2) is 0 Å². The fourth-order valence-corrected chi connectivity index (χ4v) is 2.73. The van der Waals surface area contributed by atoms with E-state index in [0.717, 1.165) is 25.2 Å². The Kier molecular flexibility index (Phi) is 6.18. The van der Waals surface area contributed by atoms with Gasteiger partial charge in [0, 0.05) is 18.3 Å². The Hall–Kier alpha value is -0.240. The zero-order valence-electron chi connectivity index (χ0n) is 10.5. The monoisotopic (exact) mass is 245 g/mol. The third-order valence-electron chi connectivity index (χ3n) is 3.57. The van der Waals surface area contributed by atoms with E-state index in [1.54, 1.807) is 0 Å². The zero-order valence-corrected chi connectivity index (χ0v) is 11.2. The highest BCUT2D eigenvalue weighted by Crippen LogP contribution is 2.28. The van der Waals surface area contributed by atoms with Gasteiger partial charge in [-0.3, -0.25) is 4.79 Å². The molecule has 3 atom stereocenters. The number of hydrogen-bond donors (Lipinski definition) is 1. The van der Waals surface area contributed by atoms with Crippen molar-refractivity contribution in [2.45, 2.75) is 58.4 Å². The van der Waals surface area contributed by atoms with Gasteiger partial charge >= 0.3 is 0 Å². The van der Waals surface area contributed by atoms with Crippen molar-refractivity contribution in [3.63, 3.8) is 0 Å². The fraction of sp³-hybridized carbons (Fsp3) is 0.923. The van der Waals surface area contributed by atoms with Gasteiger partial charge in [-0.15, -0.1) is 11.6 Å². The van der Waals surface area contributed by atoms with Gasteiger partial charge in [-0.25, -0.2) is 0 Å². The summed E-state index contributed by atoms with van der Waals surface area (Å²) in [5.74, 6) is 2.31. The van der Waals surface area contributed by atoms with Crippen LogP contribution in [0, 0.1) is 11.8 Å². The number of halogens is 1. The third kappa shape index (κ3) is 4.73. The van der Waals surface area contributed by atoms with E-state index in [0.29, 0.717) is 24.3 Å². The van der Waals surface area contributed by atoms with Crippen LogP contribution in [0.15, 0.2) is 0 Å². The van der Waals surface area contributed by atoms with E-state index in [4.69, 9.17) is 11.6 Å². The minimum Gasteiger partial charge on any atom is -0.353 e. The molecule has 0 saturated heterocycles. The first kappa shape index (κ1) is 13.8. The van der Waals surface area contributed by atoms with E-state index >= 15 is 0 Å². The topological polar surface area (TPSA) is 29.1 Å². The average Bonchev–Trinajstić information content (AvgIpc) is 2.23. The highest BCUT2D eigenvalue weighted by molar-refractivity contribution is 6.17. The molecule has 0 radical (unpaired) electrons. The summed E-state index contributed by atoms with van der Waals surface area (Å²) in [6.07, 6.45) is 6.11. The van der Waals surface area contributed by atoms with Gasteiger partial charge in [0.1, 0.15) is 0 Å². The largest absolute Gasteiger partial charge is 0.353 e. The van der Waals surface area contributed by atoms with E-state index in [1.807, 2.05) is 0 Å². The maximum absolute atomic E-state index is 11.7. The van der Waals surface area contributed by atoms with Gasteiger partial charge in [0.05, 0.1) is 0 Å². The minimum atomic E-state index is 0.205. The van der Waals surface area contributed by atoms with Gasteiger partial charge in [-0.1, -0.05) is 13.8 Å². The van der Waals surface area contributed by atoms with Crippen molar-refractivity contribution >= 4 is 17.5 Å². The Balaban J connectivity index is 2.22. The van der Waals surface area contributed by atoms with Gasteiger partial charge < -0.3 is 5.32 Å². The highest BCUT2D eigenvalue weighted by atomic mass is 35.5. The zero-order chi connectivity index (χ0) is 12.0. The molecule has 0 spiro atoms. The van der Waals surface area contributed by atoms with Crippen LogP contribution in [0.2, 0.25) is 0 Å². The Morgan fingerprint density at radius 2 is 2.06 bits per heavy atom. The van der Waals surface area contributed by atoms with Gasteiger partial charge in [-0.05, 0) is 43.9 Å². The molecule has 0 aromatic carbocycles. The normalized spacial score (nSPS) is 30.1. The minimum absolute atomic E-state index is 0.205. The van der Waals surface area contributed by atoms with Crippen LogP contribution in [0.4, 0.5) is 0 Å². The van der Waals surface area contributed by atoms with Crippen molar-refractivity contribution in [3.8, 4) is 0 Å². The molecular weight excluding hydrogens is 222 g/mol. The summed E-state index contributed by atoms with van der Waals surface area (Å²) in [5, 5.41) is 3.17. The molecule has 1 saturated carbocycles. The van der Waals surface area contributed by atoms with Crippen molar-refractivity contribution in [1.29, 1.82) is 0 Å².